The van der Waals surface area contributed by atoms with Crippen LogP contribution in [0.5, 0.6) is 11.5 Å². The van der Waals surface area contributed by atoms with Crippen LogP contribution < -0.4 is 21.1 Å². The zero-order chi connectivity index (χ0) is 20.5. The van der Waals surface area contributed by atoms with Crippen molar-refractivity contribution in [2.24, 2.45) is 5.73 Å². The van der Waals surface area contributed by atoms with E-state index in [2.05, 4.69) is 15.6 Å². The van der Waals surface area contributed by atoms with Gasteiger partial charge >= 0.3 is 6.03 Å². The Morgan fingerprint density at radius 1 is 0.966 bits per heavy atom. The molecule has 3 amide bonds. The first kappa shape index (κ1) is 19.9. The van der Waals surface area contributed by atoms with Crippen LogP contribution in [0.1, 0.15) is 23.6 Å². The minimum absolute atomic E-state index is 0.0445. The molecule has 3 rings (SSSR count). The van der Waals surface area contributed by atoms with Crippen molar-refractivity contribution < 1.29 is 14.3 Å². The van der Waals surface area contributed by atoms with Crippen LogP contribution in [-0.2, 0) is 11.3 Å². The van der Waals surface area contributed by atoms with Gasteiger partial charge in [0.25, 0.3) is 0 Å². The van der Waals surface area contributed by atoms with E-state index in [1.165, 1.54) is 0 Å². The fourth-order valence-corrected chi connectivity index (χ4v) is 2.80. The van der Waals surface area contributed by atoms with Gasteiger partial charge in [-0.25, -0.2) is 4.79 Å². The van der Waals surface area contributed by atoms with Crippen molar-refractivity contribution in [2.75, 3.05) is 0 Å². The van der Waals surface area contributed by atoms with Gasteiger partial charge in [-0.3, -0.25) is 9.78 Å². The van der Waals surface area contributed by atoms with E-state index in [4.69, 9.17) is 10.5 Å². The maximum absolute atomic E-state index is 12.4. The molecule has 148 valence electrons. The van der Waals surface area contributed by atoms with Gasteiger partial charge in [-0.05, 0) is 47.5 Å². The van der Waals surface area contributed by atoms with Crippen LogP contribution in [0.3, 0.4) is 0 Å². The first-order chi connectivity index (χ1) is 14.1. The highest BCUT2D eigenvalue weighted by atomic mass is 16.5. The van der Waals surface area contributed by atoms with Crippen LogP contribution in [-0.4, -0.2) is 16.9 Å². The molecule has 1 atom stereocenters. The monoisotopic (exact) mass is 390 g/mol. The number of rotatable bonds is 8. The number of para-hydroxylation sites is 1. The molecule has 0 bridgehead atoms. The van der Waals surface area contributed by atoms with Gasteiger partial charge in [-0.1, -0.05) is 30.3 Å². The second-order valence-corrected chi connectivity index (χ2v) is 6.39. The van der Waals surface area contributed by atoms with E-state index in [0.29, 0.717) is 18.0 Å². The molecule has 7 heteroatoms. The Labute approximate surface area is 168 Å². The lowest BCUT2D eigenvalue weighted by atomic mass is 10.0. The number of urea groups is 1. The zero-order valence-corrected chi connectivity index (χ0v) is 15.7. The van der Waals surface area contributed by atoms with Crippen molar-refractivity contribution in [1.82, 2.24) is 15.6 Å². The number of aromatic nitrogens is 1. The van der Waals surface area contributed by atoms with Crippen LogP contribution in [0.25, 0.3) is 0 Å². The number of hydrogen-bond acceptors (Lipinski definition) is 4. The molecule has 1 unspecified atom stereocenters. The summed E-state index contributed by atoms with van der Waals surface area (Å²) < 4.78 is 5.83. The largest absolute Gasteiger partial charge is 0.457 e. The number of nitrogens with one attached hydrogen (secondary N) is 2. The molecule has 0 fully saturated rings. The number of hydrogen-bond donors (Lipinski definition) is 3. The third-order valence-corrected chi connectivity index (χ3v) is 4.18. The molecular weight excluding hydrogens is 368 g/mol. The van der Waals surface area contributed by atoms with Crippen LogP contribution in [0.4, 0.5) is 4.79 Å². The number of nitrogens with two attached hydrogens (primary N) is 1. The van der Waals surface area contributed by atoms with Crippen molar-refractivity contribution in [3.8, 4) is 11.5 Å². The number of carbonyl (C=O) groups is 2. The summed E-state index contributed by atoms with van der Waals surface area (Å²) in [5.41, 5.74) is 6.97. The SMILES string of the molecule is NC(=O)NC(CC(=O)NCc1ccncc1)c1cccc(Oc2ccccc2)c1. The van der Waals surface area contributed by atoms with Gasteiger partial charge in [0.15, 0.2) is 0 Å². The standard InChI is InChI=1S/C22H22N4O3/c23-22(28)26-20(14-21(27)25-15-16-9-11-24-12-10-16)17-5-4-8-19(13-17)29-18-6-2-1-3-7-18/h1-13,20H,14-15H2,(H,25,27)(H3,23,26,28). The Kier molecular flexibility index (Phi) is 6.78. The molecule has 1 heterocycles. The summed E-state index contributed by atoms with van der Waals surface area (Å²) in [6, 6.07) is 18.9. The fourth-order valence-electron chi connectivity index (χ4n) is 2.80. The van der Waals surface area contributed by atoms with Crippen LogP contribution in [0.15, 0.2) is 79.1 Å². The van der Waals surface area contributed by atoms with Crippen molar-refractivity contribution >= 4 is 11.9 Å². The molecule has 0 saturated carbocycles. The van der Waals surface area contributed by atoms with Gasteiger partial charge in [0.05, 0.1) is 12.5 Å². The second-order valence-electron chi connectivity index (χ2n) is 6.39. The Morgan fingerprint density at radius 2 is 1.69 bits per heavy atom. The highest BCUT2D eigenvalue weighted by Crippen LogP contribution is 2.26. The van der Waals surface area contributed by atoms with Crippen LogP contribution in [0, 0.1) is 0 Å². The van der Waals surface area contributed by atoms with Crippen molar-refractivity contribution in [2.45, 2.75) is 19.0 Å². The molecule has 0 aliphatic carbocycles. The summed E-state index contributed by atoms with van der Waals surface area (Å²) in [4.78, 5) is 27.8. The topological polar surface area (TPSA) is 106 Å². The molecule has 7 nitrogen and oxygen atoms in total. The molecule has 4 N–H and O–H groups in total. The van der Waals surface area contributed by atoms with E-state index in [0.717, 1.165) is 11.1 Å². The average molecular weight is 390 g/mol. The fraction of sp³-hybridized carbons (Fsp3) is 0.136. The molecule has 0 aliphatic heterocycles. The normalized spacial score (nSPS) is 11.3. The number of amides is 3. The Morgan fingerprint density at radius 3 is 2.41 bits per heavy atom. The molecule has 0 saturated heterocycles. The van der Waals surface area contributed by atoms with Gasteiger partial charge in [-0.15, -0.1) is 0 Å². The van der Waals surface area contributed by atoms with E-state index in [1.807, 2.05) is 48.5 Å². The molecule has 0 radical (unpaired) electrons. The maximum Gasteiger partial charge on any atom is 0.312 e. The summed E-state index contributed by atoms with van der Waals surface area (Å²) in [7, 11) is 0. The van der Waals surface area contributed by atoms with E-state index in [-0.39, 0.29) is 12.3 Å². The third-order valence-electron chi connectivity index (χ3n) is 4.18. The lowest BCUT2D eigenvalue weighted by molar-refractivity contribution is -0.121. The van der Waals surface area contributed by atoms with E-state index in [9.17, 15) is 9.59 Å². The summed E-state index contributed by atoms with van der Waals surface area (Å²) in [6.45, 7) is 0.377. The summed E-state index contributed by atoms with van der Waals surface area (Å²) >= 11 is 0. The van der Waals surface area contributed by atoms with E-state index >= 15 is 0 Å². The number of primary amides is 1. The summed E-state index contributed by atoms with van der Waals surface area (Å²) in [5, 5.41) is 5.47. The van der Waals surface area contributed by atoms with Crippen LogP contribution >= 0.6 is 0 Å². The number of pyridine rings is 1. The highest BCUT2D eigenvalue weighted by Gasteiger charge is 2.18. The predicted molar refractivity (Wildman–Crippen MR) is 109 cm³/mol. The molecule has 3 aromatic rings. The van der Waals surface area contributed by atoms with Crippen LogP contribution in [0.2, 0.25) is 0 Å². The van der Waals surface area contributed by atoms with E-state index < -0.39 is 12.1 Å². The summed E-state index contributed by atoms with van der Waals surface area (Å²) in [6.07, 6.45) is 3.37. The molecule has 1 aromatic heterocycles. The van der Waals surface area contributed by atoms with Gasteiger partial charge < -0.3 is 21.1 Å². The highest BCUT2D eigenvalue weighted by molar-refractivity contribution is 5.78. The van der Waals surface area contributed by atoms with E-state index in [1.54, 1.807) is 30.6 Å². The van der Waals surface area contributed by atoms with Crippen molar-refractivity contribution in [1.29, 1.82) is 0 Å². The number of ether oxygens (including phenoxy) is 1. The Hall–Kier alpha value is -3.87. The molecular formula is C22H22N4O3. The Bertz CT molecular complexity index is 949. The smallest absolute Gasteiger partial charge is 0.312 e. The third kappa shape index (κ3) is 6.35. The first-order valence-corrected chi connectivity index (χ1v) is 9.14. The lowest BCUT2D eigenvalue weighted by Crippen LogP contribution is -2.36. The van der Waals surface area contributed by atoms with Gasteiger partial charge in [0.1, 0.15) is 11.5 Å². The number of benzene rings is 2. The number of carbonyl (C=O) groups excluding carboxylic acids is 2. The first-order valence-electron chi connectivity index (χ1n) is 9.14. The average Bonchev–Trinajstić information content (AvgIpc) is 2.73. The lowest BCUT2D eigenvalue weighted by Gasteiger charge is -2.19. The predicted octanol–water partition coefficient (Wildman–Crippen LogP) is 3.29. The van der Waals surface area contributed by atoms with Crippen molar-refractivity contribution in [3.05, 3.63) is 90.3 Å². The second kappa shape index (κ2) is 9.89. The molecule has 2 aromatic carbocycles. The minimum Gasteiger partial charge on any atom is -0.457 e. The quantitative estimate of drug-likeness (QED) is 0.549. The zero-order valence-electron chi connectivity index (χ0n) is 15.7. The van der Waals surface area contributed by atoms with Crippen molar-refractivity contribution in [3.63, 3.8) is 0 Å². The van der Waals surface area contributed by atoms with Gasteiger partial charge in [0.2, 0.25) is 5.91 Å². The Balaban J connectivity index is 1.68. The molecule has 0 spiro atoms. The van der Waals surface area contributed by atoms with Gasteiger partial charge in [0, 0.05) is 18.9 Å². The minimum atomic E-state index is -0.702. The van der Waals surface area contributed by atoms with Gasteiger partial charge in [-0.2, -0.15) is 0 Å². The molecule has 29 heavy (non-hydrogen) atoms. The maximum atomic E-state index is 12.4. The summed E-state index contributed by atoms with van der Waals surface area (Å²) in [5.74, 6) is 1.08. The molecule has 0 aliphatic rings. The number of nitrogens with zero attached hydrogens (tertiary/aromatic N) is 1.